The van der Waals surface area contributed by atoms with Crippen LogP contribution in [0.15, 0.2) is 48.9 Å². The Hall–Kier alpha value is -4.24. The van der Waals surface area contributed by atoms with E-state index in [1.54, 1.807) is 45.4 Å². The Kier molecular flexibility index (Phi) is 7.82. The third kappa shape index (κ3) is 5.41. The van der Waals surface area contributed by atoms with Crippen molar-refractivity contribution >= 4 is 67.4 Å². The Morgan fingerprint density at radius 3 is 2.63 bits per heavy atom. The highest BCUT2D eigenvalue weighted by Crippen LogP contribution is 2.42. The standard InChI is InChI=1S/C28H20Cl2FN5O4S/c1-13(36(28(37)38)18-4-15(9-32)10-33-11-18)14(2)40-21-8-22-26(23(30)24(21)31)35-27(41-22)20-7-17(29)5-16-6-19(39-3)12-34-25(16)20/h4-8,10-14H,1-3H3,(H,37,38)/t13-,14+/m1/s1. The fourth-order valence-electron chi connectivity index (χ4n) is 4.30. The number of thiazole rings is 1. The molecule has 0 saturated carbocycles. The number of ether oxygens (including phenoxy) is 2. The van der Waals surface area contributed by atoms with Gasteiger partial charge in [-0.2, -0.15) is 5.26 Å². The number of amides is 1. The second-order valence-corrected chi connectivity index (χ2v) is 10.9. The van der Waals surface area contributed by atoms with Gasteiger partial charge < -0.3 is 14.6 Å². The van der Waals surface area contributed by atoms with Crippen LogP contribution in [0.25, 0.3) is 31.7 Å². The van der Waals surface area contributed by atoms with Crippen molar-refractivity contribution < 1.29 is 23.8 Å². The summed E-state index contributed by atoms with van der Waals surface area (Å²) in [6.07, 6.45) is 2.12. The first-order valence-corrected chi connectivity index (χ1v) is 13.6. The molecule has 0 saturated heterocycles. The van der Waals surface area contributed by atoms with Gasteiger partial charge in [-0.05, 0) is 38.1 Å². The quantitative estimate of drug-likeness (QED) is 0.200. The predicted molar refractivity (Wildman–Crippen MR) is 156 cm³/mol. The largest absolute Gasteiger partial charge is 0.495 e. The van der Waals surface area contributed by atoms with Crippen LogP contribution in [0.4, 0.5) is 14.9 Å². The average molecular weight is 612 g/mol. The molecule has 2 atom stereocenters. The van der Waals surface area contributed by atoms with Gasteiger partial charge in [0.25, 0.3) is 0 Å². The van der Waals surface area contributed by atoms with Crippen LogP contribution in [0.3, 0.4) is 0 Å². The lowest BCUT2D eigenvalue weighted by Crippen LogP contribution is -2.46. The molecule has 0 unspecified atom stereocenters. The number of aromatic nitrogens is 3. The lowest BCUT2D eigenvalue weighted by atomic mass is 10.1. The average Bonchev–Trinajstić information content (AvgIpc) is 3.39. The molecular formula is C28H20Cl2FN5O4S. The van der Waals surface area contributed by atoms with Gasteiger partial charge in [-0.3, -0.25) is 14.9 Å². The number of fused-ring (bicyclic) bond motifs is 2. The SMILES string of the molecule is COc1cnc2c(-c3nc4c(Cl)c(F)c(O[C@@H](C)[C@@H](C)N(C(=O)O)c5cncc(C#N)c5)cc4s3)cc(Cl)cc2c1. The zero-order chi connectivity index (χ0) is 29.4. The number of methoxy groups -OCH3 is 1. The van der Waals surface area contributed by atoms with Gasteiger partial charge in [-0.15, -0.1) is 11.3 Å². The number of hydrogen-bond acceptors (Lipinski definition) is 8. The number of benzene rings is 2. The highest BCUT2D eigenvalue weighted by molar-refractivity contribution is 7.21. The van der Waals surface area contributed by atoms with Crippen molar-refractivity contribution in [2.24, 2.45) is 0 Å². The number of carbonyl (C=O) groups is 1. The molecule has 208 valence electrons. The number of nitrogens with zero attached hydrogens (tertiary/aromatic N) is 5. The van der Waals surface area contributed by atoms with Crippen molar-refractivity contribution in [3.63, 3.8) is 0 Å². The normalized spacial score (nSPS) is 12.6. The van der Waals surface area contributed by atoms with E-state index in [9.17, 15) is 15.2 Å². The molecule has 3 aromatic heterocycles. The fraction of sp³-hybridized carbons (Fsp3) is 0.179. The molecule has 1 N–H and O–H groups in total. The van der Waals surface area contributed by atoms with E-state index in [-0.39, 0.29) is 27.5 Å². The molecule has 3 heterocycles. The highest BCUT2D eigenvalue weighted by atomic mass is 35.5. The van der Waals surface area contributed by atoms with E-state index in [4.69, 9.17) is 32.7 Å². The van der Waals surface area contributed by atoms with Crippen molar-refractivity contribution in [1.82, 2.24) is 15.0 Å². The molecule has 0 aliphatic rings. The predicted octanol–water partition coefficient (Wildman–Crippen LogP) is 7.57. The Bertz CT molecular complexity index is 1860. The molecule has 5 aromatic rings. The van der Waals surface area contributed by atoms with Crippen LogP contribution in [-0.2, 0) is 0 Å². The number of carboxylic acid groups (broad SMARTS) is 1. The van der Waals surface area contributed by atoms with Crippen LogP contribution in [0.5, 0.6) is 11.5 Å². The summed E-state index contributed by atoms with van der Waals surface area (Å²) in [5.41, 5.74) is 1.89. The van der Waals surface area contributed by atoms with Gasteiger partial charge in [-0.1, -0.05) is 23.2 Å². The van der Waals surface area contributed by atoms with Gasteiger partial charge in [-0.25, -0.2) is 14.2 Å². The first-order valence-electron chi connectivity index (χ1n) is 12.1. The van der Waals surface area contributed by atoms with E-state index in [1.165, 1.54) is 35.9 Å². The Morgan fingerprint density at radius 2 is 1.93 bits per heavy atom. The van der Waals surface area contributed by atoms with E-state index in [2.05, 4.69) is 15.0 Å². The first-order chi connectivity index (χ1) is 19.6. The molecule has 0 aliphatic carbocycles. The first kappa shape index (κ1) is 28.3. The molecule has 5 rings (SSSR count). The van der Waals surface area contributed by atoms with Crippen LogP contribution >= 0.6 is 34.5 Å². The second kappa shape index (κ2) is 11.3. The number of pyridine rings is 2. The lowest BCUT2D eigenvalue weighted by molar-refractivity contribution is 0.167. The number of anilines is 1. The van der Waals surface area contributed by atoms with Crippen molar-refractivity contribution in [3.8, 4) is 28.1 Å². The smallest absolute Gasteiger partial charge is 0.412 e. The zero-order valence-electron chi connectivity index (χ0n) is 21.7. The number of halogens is 3. The number of nitriles is 1. The molecular weight excluding hydrogens is 592 g/mol. The van der Waals surface area contributed by atoms with Crippen LogP contribution in [0.1, 0.15) is 19.4 Å². The Balaban J connectivity index is 1.50. The van der Waals surface area contributed by atoms with Crippen molar-refractivity contribution in [1.29, 1.82) is 5.26 Å². The van der Waals surface area contributed by atoms with Crippen LogP contribution < -0.4 is 14.4 Å². The van der Waals surface area contributed by atoms with Gasteiger partial charge in [0, 0.05) is 28.2 Å². The van der Waals surface area contributed by atoms with Gasteiger partial charge in [0.2, 0.25) is 0 Å². The summed E-state index contributed by atoms with van der Waals surface area (Å²) < 4.78 is 27.2. The molecule has 2 aromatic carbocycles. The lowest BCUT2D eigenvalue weighted by Gasteiger charge is -2.31. The molecule has 0 spiro atoms. The van der Waals surface area contributed by atoms with E-state index >= 15 is 4.39 Å². The summed E-state index contributed by atoms with van der Waals surface area (Å²) in [5.74, 6) is -0.422. The molecule has 0 radical (unpaired) electrons. The number of rotatable bonds is 7. The van der Waals surface area contributed by atoms with Crippen molar-refractivity contribution in [2.45, 2.75) is 26.0 Å². The van der Waals surface area contributed by atoms with E-state index in [0.717, 1.165) is 10.3 Å². The van der Waals surface area contributed by atoms with E-state index in [1.807, 2.05) is 6.07 Å². The maximum atomic E-state index is 15.4. The second-order valence-electron chi connectivity index (χ2n) is 9.03. The molecule has 0 fully saturated rings. The van der Waals surface area contributed by atoms with Gasteiger partial charge in [0.15, 0.2) is 11.6 Å². The van der Waals surface area contributed by atoms with Crippen LogP contribution in [0.2, 0.25) is 10.0 Å². The minimum Gasteiger partial charge on any atom is -0.495 e. The maximum absolute atomic E-state index is 15.4. The summed E-state index contributed by atoms with van der Waals surface area (Å²) in [6, 6.07) is 9.31. The maximum Gasteiger partial charge on any atom is 0.412 e. The minimum atomic E-state index is -1.29. The Labute approximate surface area is 247 Å². The number of hydrogen-bond donors (Lipinski definition) is 1. The topological polar surface area (TPSA) is 121 Å². The highest BCUT2D eigenvalue weighted by Gasteiger charge is 2.29. The Morgan fingerprint density at radius 1 is 1.15 bits per heavy atom. The van der Waals surface area contributed by atoms with Crippen molar-refractivity contribution in [2.75, 3.05) is 12.0 Å². The molecule has 0 aliphatic heterocycles. The summed E-state index contributed by atoms with van der Waals surface area (Å²) in [4.78, 5) is 26.1. The third-order valence-electron chi connectivity index (χ3n) is 6.46. The van der Waals surface area contributed by atoms with E-state index in [0.29, 0.717) is 31.6 Å². The van der Waals surface area contributed by atoms with Gasteiger partial charge >= 0.3 is 6.09 Å². The van der Waals surface area contributed by atoms with Gasteiger partial charge in [0.05, 0.1) is 47.0 Å². The van der Waals surface area contributed by atoms with Crippen molar-refractivity contribution in [3.05, 3.63) is 70.3 Å². The summed E-state index contributed by atoms with van der Waals surface area (Å²) in [7, 11) is 1.54. The van der Waals surface area contributed by atoms with Crippen LogP contribution in [0, 0.1) is 17.1 Å². The molecule has 9 nitrogen and oxygen atoms in total. The minimum absolute atomic E-state index is 0.162. The summed E-state index contributed by atoms with van der Waals surface area (Å²) in [5, 5.41) is 20.6. The molecule has 13 heteroatoms. The van der Waals surface area contributed by atoms with E-state index < -0.39 is 24.1 Å². The summed E-state index contributed by atoms with van der Waals surface area (Å²) in [6.45, 7) is 3.21. The third-order valence-corrected chi connectivity index (χ3v) is 8.06. The zero-order valence-corrected chi connectivity index (χ0v) is 24.1. The van der Waals surface area contributed by atoms with Gasteiger partial charge in [0.1, 0.15) is 33.5 Å². The molecule has 41 heavy (non-hydrogen) atoms. The van der Waals surface area contributed by atoms with Crippen LogP contribution in [-0.4, -0.2) is 45.4 Å². The molecule has 0 bridgehead atoms. The monoisotopic (exact) mass is 611 g/mol. The fourth-order valence-corrected chi connectivity index (χ4v) is 5.84. The molecule has 1 amide bonds. The summed E-state index contributed by atoms with van der Waals surface area (Å²) >= 11 is 14.0.